The van der Waals surface area contributed by atoms with Gasteiger partial charge in [0.2, 0.25) is 11.6 Å². The third-order valence-electron chi connectivity index (χ3n) is 7.32. The van der Waals surface area contributed by atoms with Gasteiger partial charge in [-0.25, -0.2) is 0 Å². The lowest BCUT2D eigenvalue weighted by atomic mass is 9.85. The number of nitrogens with two attached hydrogens (primary N) is 1. The molecule has 1 amide bonds. The summed E-state index contributed by atoms with van der Waals surface area (Å²) >= 11 is 0. The number of amides is 1. The number of piperidine rings is 1. The van der Waals surface area contributed by atoms with Gasteiger partial charge in [-0.2, -0.15) is 4.98 Å². The van der Waals surface area contributed by atoms with E-state index < -0.39 is 0 Å². The molecule has 194 valence electrons. The number of rotatable bonds is 5. The molecule has 2 unspecified atom stereocenters. The number of methoxy groups -OCH3 is 1. The highest BCUT2D eigenvalue weighted by molar-refractivity contribution is 5.80. The SMILES string of the molecule is C#C.C#C.C1CCCCC1.CCC([NH3+])c1[nH+]c(OC)ccc1[C@@H]1C[NH2+]CC1C(=O)N1CCCCC1. The molecule has 6 heteroatoms. The first-order valence-electron chi connectivity index (χ1n) is 13.4. The summed E-state index contributed by atoms with van der Waals surface area (Å²) in [4.78, 5) is 18.6. The Morgan fingerprint density at radius 1 is 1.03 bits per heavy atom. The van der Waals surface area contributed by atoms with Gasteiger partial charge in [0.05, 0.1) is 38.1 Å². The van der Waals surface area contributed by atoms with E-state index in [1.807, 2.05) is 6.07 Å². The first-order valence-corrected chi connectivity index (χ1v) is 13.4. The van der Waals surface area contributed by atoms with E-state index in [1.165, 1.54) is 50.5 Å². The van der Waals surface area contributed by atoms with E-state index in [-0.39, 0.29) is 17.9 Å². The van der Waals surface area contributed by atoms with Crippen molar-refractivity contribution in [2.75, 3.05) is 33.3 Å². The van der Waals surface area contributed by atoms with Gasteiger partial charge in [0.1, 0.15) is 0 Å². The van der Waals surface area contributed by atoms with Gasteiger partial charge in [-0.05, 0) is 25.3 Å². The molecule has 2 saturated heterocycles. The fourth-order valence-corrected chi connectivity index (χ4v) is 5.30. The number of aromatic nitrogens is 1. The van der Waals surface area contributed by atoms with Crippen LogP contribution in [0.2, 0.25) is 0 Å². The Balaban J connectivity index is 0.000000519. The molecule has 6 N–H and O–H groups in total. The van der Waals surface area contributed by atoms with Crippen molar-refractivity contribution >= 4 is 5.91 Å². The van der Waals surface area contributed by atoms with E-state index in [4.69, 9.17) is 4.74 Å². The molecule has 4 rings (SSSR count). The van der Waals surface area contributed by atoms with Crippen LogP contribution in [0, 0.1) is 31.6 Å². The summed E-state index contributed by atoms with van der Waals surface area (Å²) in [5, 5.41) is 2.29. The number of ether oxygens (including phenoxy) is 1. The zero-order valence-electron chi connectivity index (χ0n) is 22.1. The Hall–Kier alpha value is -2.54. The molecular weight excluding hydrogens is 436 g/mol. The zero-order chi connectivity index (χ0) is 26.1. The lowest BCUT2D eigenvalue weighted by molar-refractivity contribution is -0.638. The Morgan fingerprint density at radius 3 is 2.09 bits per heavy atom. The van der Waals surface area contributed by atoms with Crippen molar-refractivity contribution in [1.29, 1.82) is 0 Å². The summed E-state index contributed by atoms with van der Waals surface area (Å²) < 4.78 is 5.37. The first-order chi connectivity index (χ1) is 17.2. The monoisotopic (exact) mass is 485 g/mol. The molecule has 3 aliphatic rings. The van der Waals surface area contributed by atoms with Crippen molar-refractivity contribution in [3.05, 3.63) is 23.4 Å². The van der Waals surface area contributed by atoms with Crippen molar-refractivity contribution in [2.45, 2.75) is 83.1 Å². The number of nitrogens with one attached hydrogen (secondary N) is 1. The van der Waals surface area contributed by atoms with Crippen molar-refractivity contribution < 1.29 is 25.6 Å². The topological polar surface area (TPSA) is 87.9 Å². The van der Waals surface area contributed by atoms with Crippen LogP contribution in [0.3, 0.4) is 0 Å². The highest BCUT2D eigenvalue weighted by Crippen LogP contribution is 2.31. The molecule has 1 aromatic heterocycles. The summed E-state index contributed by atoms with van der Waals surface area (Å²) in [6.07, 6.45) is 29.5. The number of quaternary nitrogens is 2. The number of nitrogens with zero attached hydrogens (tertiary/aromatic N) is 1. The average Bonchev–Trinajstić information content (AvgIpc) is 3.45. The summed E-state index contributed by atoms with van der Waals surface area (Å²) in [6.45, 7) is 5.85. The van der Waals surface area contributed by atoms with Crippen molar-refractivity contribution in [2.24, 2.45) is 5.92 Å². The maximum atomic E-state index is 13.1. The van der Waals surface area contributed by atoms with Gasteiger partial charge in [-0.3, -0.25) is 4.79 Å². The van der Waals surface area contributed by atoms with Crippen molar-refractivity contribution in [3.8, 4) is 31.6 Å². The molecule has 0 bridgehead atoms. The smallest absolute Gasteiger partial charge is 0.366 e. The second-order valence-electron chi connectivity index (χ2n) is 9.48. The molecule has 1 aromatic rings. The van der Waals surface area contributed by atoms with Gasteiger partial charge in [0, 0.05) is 25.1 Å². The van der Waals surface area contributed by atoms with Crippen molar-refractivity contribution in [3.63, 3.8) is 0 Å². The Kier molecular flexibility index (Phi) is 15.5. The summed E-state index contributed by atoms with van der Waals surface area (Å²) in [6, 6.07) is 4.29. The number of carbonyl (C=O) groups excluding carboxylic acids is 1. The van der Waals surface area contributed by atoms with Gasteiger partial charge >= 0.3 is 5.88 Å². The summed E-state index contributed by atoms with van der Waals surface area (Å²) in [5.74, 6) is 1.42. The number of hydrogen-bond donors (Lipinski definition) is 2. The molecule has 3 heterocycles. The fraction of sp³-hybridized carbons (Fsp3) is 0.655. The second-order valence-corrected chi connectivity index (χ2v) is 9.48. The number of pyridine rings is 1. The molecule has 3 atom stereocenters. The van der Waals surface area contributed by atoms with Crippen LogP contribution < -0.4 is 20.8 Å². The normalized spacial score (nSPS) is 22.1. The summed E-state index contributed by atoms with van der Waals surface area (Å²) in [5.41, 5.74) is 6.67. The molecular formula is C29H49N4O2+3. The molecule has 35 heavy (non-hydrogen) atoms. The highest BCUT2D eigenvalue weighted by atomic mass is 16.5. The summed E-state index contributed by atoms with van der Waals surface area (Å²) in [7, 11) is 1.67. The van der Waals surface area contributed by atoms with E-state index in [2.05, 4.69) is 59.6 Å². The van der Waals surface area contributed by atoms with Crippen LogP contribution in [0.25, 0.3) is 0 Å². The molecule has 6 nitrogen and oxygen atoms in total. The standard InChI is InChI=1S/C19H30N4O2.C6H12.2C2H2/c1-3-16(20)18-13(7-8-17(22-18)25-2)14-11-21-12-15(14)19(24)23-9-5-4-6-10-23;1-2-4-6-5-3-1;2*1-2/h7-8,14-16,21H,3-6,9-12,20H2,1-2H3;1-6H2;2*1-2H/p+3/t14-,15?,16?;;;/m0.../s1. The van der Waals surface area contributed by atoms with Crippen LogP contribution in [-0.4, -0.2) is 44.1 Å². The molecule has 3 fully saturated rings. The number of H-pyrrole nitrogens is 1. The minimum atomic E-state index is 0.0719. The molecule has 0 aromatic carbocycles. The highest BCUT2D eigenvalue weighted by Gasteiger charge is 2.43. The third-order valence-corrected chi connectivity index (χ3v) is 7.32. The molecule has 2 aliphatic heterocycles. The zero-order valence-corrected chi connectivity index (χ0v) is 22.1. The largest absolute Gasteiger partial charge is 0.448 e. The molecule has 1 saturated carbocycles. The quantitative estimate of drug-likeness (QED) is 0.627. The Labute approximate surface area is 213 Å². The molecule has 1 aliphatic carbocycles. The lowest BCUT2D eigenvalue weighted by Crippen LogP contribution is -2.81. The Morgan fingerprint density at radius 2 is 1.57 bits per heavy atom. The number of carbonyl (C=O) groups is 1. The number of aromatic amines is 1. The van der Waals surface area contributed by atoms with Gasteiger partial charge in [0.15, 0.2) is 6.04 Å². The maximum Gasteiger partial charge on any atom is 0.366 e. The van der Waals surface area contributed by atoms with E-state index in [0.717, 1.165) is 57.0 Å². The number of likely N-dealkylation sites (tertiary alicyclic amines) is 1. The van der Waals surface area contributed by atoms with E-state index in [0.29, 0.717) is 5.91 Å². The third kappa shape index (κ3) is 9.21. The van der Waals surface area contributed by atoms with Gasteiger partial charge in [0.25, 0.3) is 0 Å². The number of hydrogen-bond acceptors (Lipinski definition) is 2. The Bertz CT molecular complexity index is 749. The number of terminal acetylenes is 2. The van der Waals surface area contributed by atoms with Gasteiger partial charge < -0.3 is 20.7 Å². The average molecular weight is 486 g/mol. The van der Waals surface area contributed by atoms with Crippen LogP contribution in [-0.2, 0) is 4.79 Å². The van der Waals surface area contributed by atoms with Crippen LogP contribution in [0.1, 0.15) is 94.3 Å². The van der Waals surface area contributed by atoms with Crippen LogP contribution >= 0.6 is 0 Å². The van der Waals surface area contributed by atoms with Crippen molar-refractivity contribution in [1.82, 2.24) is 4.90 Å². The minimum Gasteiger partial charge on any atom is -0.448 e. The van der Waals surface area contributed by atoms with E-state index >= 15 is 0 Å². The predicted octanol–water partition coefficient (Wildman–Crippen LogP) is 2.33. The van der Waals surface area contributed by atoms with E-state index in [9.17, 15) is 4.79 Å². The lowest BCUT2D eigenvalue weighted by Gasteiger charge is -2.30. The maximum absolute atomic E-state index is 13.1. The first kappa shape index (κ1) is 30.5. The van der Waals surface area contributed by atoms with Crippen LogP contribution in [0.4, 0.5) is 0 Å². The predicted molar refractivity (Wildman–Crippen MR) is 141 cm³/mol. The second kappa shape index (κ2) is 17.8. The molecule has 0 radical (unpaired) electrons. The van der Waals surface area contributed by atoms with Crippen LogP contribution in [0.15, 0.2) is 12.1 Å². The van der Waals surface area contributed by atoms with E-state index in [1.54, 1.807) is 7.11 Å². The van der Waals surface area contributed by atoms with Gasteiger partial charge in [-0.15, -0.1) is 25.7 Å². The van der Waals surface area contributed by atoms with Gasteiger partial charge in [-0.1, -0.05) is 45.4 Å². The fourth-order valence-electron chi connectivity index (χ4n) is 5.30. The van der Waals surface area contributed by atoms with Crippen LogP contribution in [0.5, 0.6) is 5.88 Å². The minimum absolute atomic E-state index is 0.0719. The molecule has 0 spiro atoms.